The van der Waals surface area contributed by atoms with Crippen molar-refractivity contribution in [1.29, 1.82) is 0 Å². The van der Waals surface area contributed by atoms with Gasteiger partial charge < -0.3 is 15.2 Å². The molecule has 0 atom stereocenters. The normalized spacial score (nSPS) is 10.4. The molecule has 0 aromatic carbocycles. The predicted molar refractivity (Wildman–Crippen MR) is 45.2 cm³/mol. The molecule has 0 aliphatic carbocycles. The summed E-state index contributed by atoms with van der Waals surface area (Å²) in [6.07, 6.45) is 0.581. The molecule has 0 bridgehead atoms. The van der Waals surface area contributed by atoms with Crippen LogP contribution in [0.5, 0.6) is 0 Å². The average Bonchev–Trinajstić information content (AvgIpc) is 2.41. The first-order valence-corrected chi connectivity index (χ1v) is 3.91. The van der Waals surface area contributed by atoms with E-state index < -0.39 is 4.92 Å². The molecule has 1 N–H and O–H groups in total. The highest BCUT2D eigenvalue weighted by Gasteiger charge is 2.22. The van der Waals surface area contributed by atoms with Crippen molar-refractivity contribution >= 4 is 5.95 Å². The van der Waals surface area contributed by atoms with Crippen LogP contribution >= 0.6 is 0 Å². The second-order valence-corrected chi connectivity index (χ2v) is 2.63. The zero-order chi connectivity index (χ0) is 10.0. The minimum Gasteiger partial charge on any atom is -0.390 e. The molecule has 1 heterocycles. The maximum atomic E-state index is 10.5. The van der Waals surface area contributed by atoms with E-state index in [1.165, 1.54) is 11.6 Å². The summed E-state index contributed by atoms with van der Waals surface area (Å²) in [5, 5.41) is 19.4. The average molecular weight is 185 g/mol. The SMILES string of the molecule is CCc1nc([N+](=O)[O-])n(C)c1CO. The summed E-state index contributed by atoms with van der Waals surface area (Å²) >= 11 is 0. The van der Waals surface area contributed by atoms with E-state index in [1.54, 1.807) is 0 Å². The molecule has 72 valence electrons. The second kappa shape index (κ2) is 3.53. The third kappa shape index (κ3) is 1.52. The molecular weight excluding hydrogens is 174 g/mol. The third-order valence-electron chi connectivity index (χ3n) is 1.92. The van der Waals surface area contributed by atoms with E-state index >= 15 is 0 Å². The van der Waals surface area contributed by atoms with Crippen molar-refractivity contribution in [3.05, 3.63) is 21.5 Å². The Morgan fingerprint density at radius 3 is 2.62 bits per heavy atom. The van der Waals surface area contributed by atoms with E-state index in [2.05, 4.69) is 4.98 Å². The van der Waals surface area contributed by atoms with Crippen LogP contribution in [0, 0.1) is 10.1 Å². The molecule has 1 aromatic heterocycles. The van der Waals surface area contributed by atoms with Crippen LogP contribution in [0.2, 0.25) is 0 Å². The zero-order valence-electron chi connectivity index (χ0n) is 7.52. The summed E-state index contributed by atoms with van der Waals surface area (Å²) in [4.78, 5) is 13.7. The monoisotopic (exact) mass is 185 g/mol. The summed E-state index contributed by atoms with van der Waals surface area (Å²) in [5.41, 5.74) is 1.09. The number of nitro groups is 1. The number of aliphatic hydroxyl groups is 1. The first-order valence-electron chi connectivity index (χ1n) is 3.91. The molecule has 0 amide bonds. The smallest absolute Gasteiger partial charge is 0.390 e. The molecule has 0 aliphatic rings. The molecule has 0 aliphatic heterocycles. The first kappa shape index (κ1) is 9.66. The Labute approximate surface area is 75.0 Å². The maximum absolute atomic E-state index is 10.5. The van der Waals surface area contributed by atoms with E-state index in [0.29, 0.717) is 17.8 Å². The highest BCUT2D eigenvalue weighted by Crippen LogP contribution is 2.16. The lowest BCUT2D eigenvalue weighted by molar-refractivity contribution is -0.396. The molecule has 13 heavy (non-hydrogen) atoms. The van der Waals surface area contributed by atoms with Gasteiger partial charge in [0.2, 0.25) is 0 Å². The van der Waals surface area contributed by atoms with Crippen molar-refractivity contribution in [3.8, 4) is 0 Å². The van der Waals surface area contributed by atoms with Crippen LogP contribution in [0.15, 0.2) is 0 Å². The maximum Gasteiger partial charge on any atom is 0.434 e. The molecule has 0 fully saturated rings. The van der Waals surface area contributed by atoms with E-state index in [0.717, 1.165) is 0 Å². The molecular formula is C7H11N3O3. The molecule has 0 saturated heterocycles. The van der Waals surface area contributed by atoms with Gasteiger partial charge in [-0.05, 0) is 4.92 Å². The van der Waals surface area contributed by atoms with Gasteiger partial charge in [-0.2, -0.15) is 0 Å². The van der Waals surface area contributed by atoms with Crippen LogP contribution in [0.4, 0.5) is 5.95 Å². The Hall–Kier alpha value is -1.43. The molecule has 1 rings (SSSR count). The van der Waals surface area contributed by atoms with Gasteiger partial charge in [0.15, 0.2) is 5.69 Å². The molecule has 6 heteroatoms. The van der Waals surface area contributed by atoms with Gasteiger partial charge in [-0.3, -0.25) is 0 Å². The van der Waals surface area contributed by atoms with Gasteiger partial charge in [-0.15, -0.1) is 0 Å². The van der Waals surface area contributed by atoms with E-state index in [-0.39, 0.29) is 12.6 Å². The number of hydrogen-bond donors (Lipinski definition) is 1. The predicted octanol–water partition coefficient (Wildman–Crippen LogP) is 0.383. The Bertz CT molecular complexity index is 332. The summed E-state index contributed by atoms with van der Waals surface area (Å²) in [7, 11) is 1.52. The molecule has 6 nitrogen and oxygen atoms in total. The van der Waals surface area contributed by atoms with Gasteiger partial charge in [0.05, 0.1) is 7.05 Å². The number of nitrogens with zero attached hydrogens (tertiary/aromatic N) is 3. The van der Waals surface area contributed by atoms with Gasteiger partial charge in [-0.25, -0.2) is 4.57 Å². The lowest BCUT2D eigenvalue weighted by Gasteiger charge is -1.95. The molecule has 1 aromatic rings. The van der Waals surface area contributed by atoms with Crippen molar-refractivity contribution in [1.82, 2.24) is 9.55 Å². The number of rotatable bonds is 3. The summed E-state index contributed by atoms with van der Waals surface area (Å²) in [6, 6.07) is 0. The third-order valence-corrected chi connectivity index (χ3v) is 1.92. The fourth-order valence-electron chi connectivity index (χ4n) is 1.22. The van der Waals surface area contributed by atoms with Gasteiger partial charge in [0.25, 0.3) is 0 Å². The Morgan fingerprint density at radius 1 is 1.69 bits per heavy atom. The van der Waals surface area contributed by atoms with Crippen LogP contribution in [-0.4, -0.2) is 19.6 Å². The Kier molecular flexibility index (Phi) is 2.62. The fraction of sp³-hybridized carbons (Fsp3) is 0.571. The lowest BCUT2D eigenvalue weighted by Crippen LogP contribution is -2.02. The molecule has 0 radical (unpaired) electrons. The van der Waals surface area contributed by atoms with Crippen molar-refractivity contribution in [3.63, 3.8) is 0 Å². The molecule has 0 saturated carbocycles. The van der Waals surface area contributed by atoms with Gasteiger partial charge in [-0.1, -0.05) is 11.9 Å². The topological polar surface area (TPSA) is 81.2 Å². The highest BCUT2D eigenvalue weighted by molar-refractivity contribution is 5.23. The van der Waals surface area contributed by atoms with E-state index in [4.69, 9.17) is 5.11 Å². The zero-order valence-corrected chi connectivity index (χ0v) is 7.52. The minimum absolute atomic E-state index is 0.221. The van der Waals surface area contributed by atoms with Crippen LogP contribution < -0.4 is 0 Å². The van der Waals surface area contributed by atoms with Crippen molar-refractivity contribution in [2.45, 2.75) is 20.0 Å². The Morgan fingerprint density at radius 2 is 2.31 bits per heavy atom. The largest absolute Gasteiger partial charge is 0.434 e. The second-order valence-electron chi connectivity index (χ2n) is 2.63. The van der Waals surface area contributed by atoms with Crippen LogP contribution in [0.25, 0.3) is 0 Å². The number of aryl methyl sites for hydroxylation is 1. The number of imidazole rings is 1. The molecule has 0 unspecified atom stereocenters. The van der Waals surface area contributed by atoms with Crippen molar-refractivity contribution < 1.29 is 10.0 Å². The number of hydrogen-bond acceptors (Lipinski definition) is 4. The standard InChI is InChI=1S/C7H11N3O3/c1-3-5-6(4-11)9(2)7(8-5)10(12)13/h11H,3-4H2,1-2H3. The van der Waals surface area contributed by atoms with Crippen LogP contribution in [-0.2, 0) is 20.1 Å². The van der Waals surface area contributed by atoms with Crippen LogP contribution in [0.1, 0.15) is 18.3 Å². The summed E-state index contributed by atoms with van der Waals surface area (Å²) in [6.45, 7) is 1.62. The Balaban J connectivity index is 3.26. The van der Waals surface area contributed by atoms with Gasteiger partial charge in [0.1, 0.15) is 12.3 Å². The first-order chi connectivity index (χ1) is 6.11. The highest BCUT2D eigenvalue weighted by atomic mass is 16.6. The summed E-state index contributed by atoms with van der Waals surface area (Å²) in [5.74, 6) is -0.221. The summed E-state index contributed by atoms with van der Waals surface area (Å²) < 4.78 is 1.30. The number of aromatic nitrogens is 2. The molecule has 0 spiro atoms. The quantitative estimate of drug-likeness (QED) is 0.545. The van der Waals surface area contributed by atoms with Gasteiger partial charge in [0, 0.05) is 6.42 Å². The van der Waals surface area contributed by atoms with Crippen LogP contribution in [0.3, 0.4) is 0 Å². The van der Waals surface area contributed by atoms with Crippen molar-refractivity contribution in [2.75, 3.05) is 0 Å². The minimum atomic E-state index is -0.557. The van der Waals surface area contributed by atoms with E-state index in [1.807, 2.05) is 6.92 Å². The van der Waals surface area contributed by atoms with E-state index in [9.17, 15) is 10.1 Å². The fourth-order valence-corrected chi connectivity index (χ4v) is 1.22. The number of aliphatic hydroxyl groups excluding tert-OH is 1. The lowest BCUT2D eigenvalue weighted by atomic mass is 10.3. The van der Waals surface area contributed by atoms with Crippen molar-refractivity contribution in [2.24, 2.45) is 7.05 Å². The van der Waals surface area contributed by atoms with Gasteiger partial charge >= 0.3 is 5.95 Å².